The SMILES string of the molecule is [2H]C([2H])(C)CCCCC/C=C\C/C=C\CCCCCCCC(=O)O. The van der Waals surface area contributed by atoms with Crippen LogP contribution in [0.2, 0.25) is 0 Å². The van der Waals surface area contributed by atoms with Crippen molar-refractivity contribution in [1.82, 2.24) is 0 Å². The lowest BCUT2D eigenvalue weighted by atomic mass is 10.1. The predicted molar refractivity (Wildman–Crippen MR) is 96.2 cm³/mol. The third-order valence-corrected chi connectivity index (χ3v) is 3.66. The first-order chi connectivity index (χ1) is 11.4. The molecule has 22 heavy (non-hydrogen) atoms. The molecule has 0 atom stereocenters. The van der Waals surface area contributed by atoms with Crippen LogP contribution in [0.3, 0.4) is 0 Å². The van der Waals surface area contributed by atoms with Gasteiger partial charge in [0.05, 0.1) is 0 Å². The van der Waals surface area contributed by atoms with E-state index in [0.29, 0.717) is 12.8 Å². The molecule has 0 radical (unpaired) electrons. The third-order valence-electron chi connectivity index (χ3n) is 3.66. The molecule has 1 N–H and O–H groups in total. The van der Waals surface area contributed by atoms with Crippen molar-refractivity contribution in [3.05, 3.63) is 24.3 Å². The van der Waals surface area contributed by atoms with Crippen molar-refractivity contribution >= 4 is 5.97 Å². The van der Waals surface area contributed by atoms with Crippen molar-refractivity contribution in [3.8, 4) is 0 Å². The first-order valence-corrected chi connectivity index (χ1v) is 8.93. The summed E-state index contributed by atoms with van der Waals surface area (Å²) in [7, 11) is 0. The average molecular weight is 311 g/mol. The van der Waals surface area contributed by atoms with Crippen molar-refractivity contribution < 1.29 is 12.6 Å². The smallest absolute Gasteiger partial charge is 0.303 e. The van der Waals surface area contributed by atoms with Crippen LogP contribution in [-0.2, 0) is 4.79 Å². The van der Waals surface area contributed by atoms with Crippen LogP contribution >= 0.6 is 0 Å². The summed E-state index contributed by atoms with van der Waals surface area (Å²) in [6, 6.07) is 0. The van der Waals surface area contributed by atoms with Crippen molar-refractivity contribution in [2.75, 3.05) is 0 Å². The van der Waals surface area contributed by atoms with E-state index < -0.39 is 12.3 Å². The highest BCUT2D eigenvalue weighted by atomic mass is 16.4. The van der Waals surface area contributed by atoms with Crippen LogP contribution in [0.1, 0.15) is 99.5 Å². The van der Waals surface area contributed by atoms with Gasteiger partial charge in [-0.3, -0.25) is 4.79 Å². The van der Waals surface area contributed by atoms with Crippen LogP contribution in [0.4, 0.5) is 0 Å². The predicted octanol–water partition coefficient (Wildman–Crippen LogP) is 6.66. The van der Waals surface area contributed by atoms with E-state index in [-0.39, 0.29) is 0 Å². The Balaban J connectivity index is 3.27. The monoisotopic (exact) mass is 310 g/mol. The molecule has 0 aromatic carbocycles. The van der Waals surface area contributed by atoms with E-state index in [1.165, 1.54) is 12.8 Å². The molecule has 0 aromatic heterocycles. The molecule has 0 aromatic rings. The highest BCUT2D eigenvalue weighted by Gasteiger charge is 1.95. The van der Waals surface area contributed by atoms with Gasteiger partial charge < -0.3 is 5.11 Å². The standard InChI is InChI=1S/C20H36O2/c1-2-3-4-5-6-7-8-9-10-11-12-13-14-15-16-17-18-19-20(21)22/h8-9,11-12H,2-7,10,13-19H2,1H3,(H,21,22)/b9-8-,12-11-/i2D2. The largest absolute Gasteiger partial charge is 0.481 e. The van der Waals surface area contributed by atoms with Gasteiger partial charge in [0.2, 0.25) is 0 Å². The molecule has 0 amide bonds. The number of hydrogen-bond acceptors (Lipinski definition) is 1. The van der Waals surface area contributed by atoms with E-state index in [0.717, 1.165) is 57.8 Å². The Morgan fingerprint density at radius 1 is 0.818 bits per heavy atom. The number of allylic oxidation sites excluding steroid dienone is 4. The Bertz CT molecular complexity index is 357. The molecule has 0 spiro atoms. The molecule has 128 valence electrons. The van der Waals surface area contributed by atoms with Gasteiger partial charge in [0.15, 0.2) is 0 Å². The molecule has 0 heterocycles. The van der Waals surface area contributed by atoms with Crippen LogP contribution in [0.5, 0.6) is 0 Å². The zero-order valence-corrected chi connectivity index (χ0v) is 14.4. The molecular weight excluding hydrogens is 272 g/mol. The minimum atomic E-state index is -1.01. The maximum absolute atomic E-state index is 10.4. The topological polar surface area (TPSA) is 37.3 Å². The molecule has 0 saturated carbocycles. The fraction of sp³-hybridized carbons (Fsp3) is 0.750. The van der Waals surface area contributed by atoms with E-state index in [1.54, 1.807) is 6.92 Å². The fourth-order valence-corrected chi connectivity index (χ4v) is 2.32. The fourth-order valence-electron chi connectivity index (χ4n) is 2.32. The first kappa shape index (κ1) is 17.3. The lowest BCUT2D eigenvalue weighted by Crippen LogP contribution is -1.93. The second-order valence-corrected chi connectivity index (χ2v) is 5.83. The summed E-state index contributed by atoms with van der Waals surface area (Å²) in [5.41, 5.74) is 0. The molecule has 0 rings (SSSR count). The normalized spacial score (nSPS) is 13.7. The number of hydrogen-bond donors (Lipinski definition) is 1. The highest BCUT2D eigenvalue weighted by Crippen LogP contribution is 2.08. The second-order valence-electron chi connectivity index (χ2n) is 5.83. The van der Waals surface area contributed by atoms with Gasteiger partial charge in [-0.2, -0.15) is 0 Å². The Hall–Kier alpha value is -1.05. The quantitative estimate of drug-likeness (QED) is 0.255. The number of unbranched alkanes of at least 4 members (excludes halogenated alkanes) is 8. The zero-order chi connectivity index (χ0) is 18.1. The summed E-state index contributed by atoms with van der Waals surface area (Å²) in [4.78, 5) is 10.4. The zero-order valence-electron chi connectivity index (χ0n) is 16.4. The summed E-state index contributed by atoms with van der Waals surface area (Å²) >= 11 is 0. The summed E-state index contributed by atoms with van der Waals surface area (Å²) in [6.07, 6.45) is 20.7. The van der Waals surface area contributed by atoms with Crippen LogP contribution in [0.15, 0.2) is 24.3 Å². The molecule has 0 fully saturated rings. The maximum Gasteiger partial charge on any atom is 0.303 e. The van der Waals surface area contributed by atoms with Gasteiger partial charge in [0, 0.05) is 9.16 Å². The molecule has 0 aliphatic rings. The molecule has 2 heteroatoms. The van der Waals surface area contributed by atoms with Crippen molar-refractivity contribution in [1.29, 1.82) is 0 Å². The van der Waals surface area contributed by atoms with E-state index >= 15 is 0 Å². The summed E-state index contributed by atoms with van der Waals surface area (Å²) in [5.74, 6) is -0.685. The second kappa shape index (κ2) is 18.0. The molecule has 0 unspecified atom stereocenters. The van der Waals surface area contributed by atoms with Gasteiger partial charge in [0.1, 0.15) is 0 Å². The van der Waals surface area contributed by atoms with E-state index in [2.05, 4.69) is 24.3 Å². The van der Waals surface area contributed by atoms with Gasteiger partial charge in [-0.15, -0.1) is 0 Å². The van der Waals surface area contributed by atoms with E-state index in [9.17, 15) is 4.79 Å². The molecular formula is C20H36O2. The van der Waals surface area contributed by atoms with E-state index in [4.69, 9.17) is 7.85 Å². The van der Waals surface area contributed by atoms with Gasteiger partial charge in [-0.1, -0.05) is 76.1 Å². The van der Waals surface area contributed by atoms with Crippen molar-refractivity contribution in [2.45, 2.75) is 96.8 Å². The summed E-state index contributed by atoms with van der Waals surface area (Å²) in [6.45, 7) is 1.65. The van der Waals surface area contributed by atoms with Crippen LogP contribution in [-0.4, -0.2) is 11.1 Å². The third kappa shape index (κ3) is 18.9. The number of rotatable bonds is 16. The van der Waals surface area contributed by atoms with Gasteiger partial charge in [-0.05, 0) is 38.5 Å². The highest BCUT2D eigenvalue weighted by molar-refractivity contribution is 5.66. The number of carboxylic acid groups (broad SMARTS) is 1. The van der Waals surface area contributed by atoms with Crippen LogP contribution in [0, 0.1) is 0 Å². The Labute approximate surface area is 140 Å². The van der Waals surface area contributed by atoms with Gasteiger partial charge in [0.25, 0.3) is 0 Å². The Morgan fingerprint density at radius 3 is 1.86 bits per heavy atom. The lowest BCUT2D eigenvalue weighted by molar-refractivity contribution is -0.137. The minimum absolute atomic E-state index is 0.306. The Kier molecular flexibility index (Phi) is 14.2. The van der Waals surface area contributed by atoms with Crippen molar-refractivity contribution in [2.24, 2.45) is 0 Å². The minimum Gasteiger partial charge on any atom is -0.481 e. The van der Waals surface area contributed by atoms with Gasteiger partial charge in [-0.25, -0.2) is 0 Å². The number of aliphatic carboxylic acids is 1. The van der Waals surface area contributed by atoms with Crippen LogP contribution < -0.4 is 0 Å². The van der Waals surface area contributed by atoms with Crippen LogP contribution in [0.25, 0.3) is 0 Å². The van der Waals surface area contributed by atoms with Crippen molar-refractivity contribution in [3.63, 3.8) is 0 Å². The molecule has 0 bridgehead atoms. The van der Waals surface area contributed by atoms with E-state index in [1.807, 2.05) is 0 Å². The summed E-state index contributed by atoms with van der Waals surface area (Å²) < 4.78 is 14.9. The molecule has 0 aliphatic carbocycles. The average Bonchev–Trinajstić information content (AvgIpc) is 2.49. The molecule has 0 saturated heterocycles. The van der Waals surface area contributed by atoms with Gasteiger partial charge >= 0.3 is 5.97 Å². The maximum atomic E-state index is 10.4. The lowest BCUT2D eigenvalue weighted by Gasteiger charge is -1.98. The Morgan fingerprint density at radius 2 is 1.32 bits per heavy atom. The summed E-state index contributed by atoms with van der Waals surface area (Å²) in [5, 5.41) is 8.53. The molecule has 0 aliphatic heterocycles. The number of carboxylic acids is 1. The first-order valence-electron chi connectivity index (χ1n) is 9.93. The number of carbonyl (C=O) groups is 1. The molecule has 2 nitrogen and oxygen atoms in total.